The highest BCUT2D eigenvalue weighted by molar-refractivity contribution is 7.99. The maximum Gasteiger partial charge on any atom is 0.224 e. The molecular weight excluding hydrogens is 220 g/mol. The van der Waals surface area contributed by atoms with Gasteiger partial charge in [0.1, 0.15) is 0 Å². The third-order valence-corrected chi connectivity index (χ3v) is 4.84. The molecule has 1 saturated heterocycles. The predicted octanol–water partition coefficient (Wildman–Crippen LogP) is 1.52. The van der Waals surface area contributed by atoms with Crippen molar-refractivity contribution < 1.29 is 4.79 Å². The van der Waals surface area contributed by atoms with Crippen LogP contribution in [0.1, 0.15) is 38.5 Å². The minimum atomic E-state index is 0.0631. The van der Waals surface area contributed by atoms with Crippen LogP contribution >= 0.6 is 11.8 Å². The molecule has 1 heterocycles. The Morgan fingerprint density at radius 3 is 2.75 bits per heavy atom. The molecule has 3 atom stereocenters. The lowest BCUT2D eigenvalue weighted by molar-refractivity contribution is -0.126. The Bertz CT molecular complexity index is 241. The molecule has 2 fully saturated rings. The van der Waals surface area contributed by atoms with Crippen molar-refractivity contribution in [2.45, 2.75) is 50.6 Å². The Morgan fingerprint density at radius 1 is 1.19 bits per heavy atom. The van der Waals surface area contributed by atoms with Crippen LogP contribution in [0.4, 0.5) is 0 Å². The number of rotatable bonds is 2. The van der Waals surface area contributed by atoms with Gasteiger partial charge in [-0.2, -0.15) is 11.8 Å². The van der Waals surface area contributed by atoms with Gasteiger partial charge in [-0.05, 0) is 25.0 Å². The fraction of sp³-hybridized carbons (Fsp3) is 0.917. The summed E-state index contributed by atoms with van der Waals surface area (Å²) in [5.41, 5.74) is 6.09. The van der Waals surface area contributed by atoms with Gasteiger partial charge in [-0.3, -0.25) is 4.79 Å². The molecule has 3 N–H and O–H groups in total. The zero-order valence-corrected chi connectivity index (χ0v) is 10.6. The van der Waals surface area contributed by atoms with Crippen LogP contribution in [0.2, 0.25) is 0 Å². The van der Waals surface area contributed by atoms with Crippen molar-refractivity contribution in [2.75, 3.05) is 11.5 Å². The first-order valence-corrected chi connectivity index (χ1v) is 7.56. The van der Waals surface area contributed by atoms with Gasteiger partial charge in [0.2, 0.25) is 5.91 Å². The third kappa shape index (κ3) is 3.14. The normalized spacial score (nSPS) is 35.7. The maximum atomic E-state index is 12.1. The largest absolute Gasteiger partial charge is 0.352 e. The highest BCUT2D eigenvalue weighted by Crippen LogP contribution is 2.23. The van der Waals surface area contributed by atoms with Crippen LogP contribution in [0.15, 0.2) is 0 Å². The quantitative estimate of drug-likeness (QED) is 0.722. The maximum absolute atomic E-state index is 12.1. The highest BCUT2D eigenvalue weighted by Gasteiger charge is 2.29. The number of carbonyl (C=O) groups is 1. The van der Waals surface area contributed by atoms with E-state index in [1.165, 1.54) is 18.6 Å². The number of hydrogen-bond donors (Lipinski definition) is 2. The molecule has 0 bridgehead atoms. The van der Waals surface area contributed by atoms with Gasteiger partial charge < -0.3 is 11.1 Å². The Balaban J connectivity index is 1.85. The second kappa shape index (κ2) is 5.92. The average Bonchev–Trinajstić information content (AvgIpc) is 2.66. The molecule has 1 aliphatic heterocycles. The molecule has 2 rings (SSSR count). The molecule has 0 aromatic carbocycles. The molecule has 92 valence electrons. The summed E-state index contributed by atoms with van der Waals surface area (Å²) < 4.78 is 0. The zero-order chi connectivity index (χ0) is 11.4. The Kier molecular flexibility index (Phi) is 4.53. The summed E-state index contributed by atoms with van der Waals surface area (Å²) in [6, 6.07) is 0.476. The summed E-state index contributed by atoms with van der Waals surface area (Å²) in [5, 5.41) is 3.17. The summed E-state index contributed by atoms with van der Waals surface area (Å²) in [7, 11) is 0. The van der Waals surface area contributed by atoms with E-state index in [-0.39, 0.29) is 17.9 Å². The van der Waals surface area contributed by atoms with E-state index in [4.69, 9.17) is 5.73 Å². The van der Waals surface area contributed by atoms with Gasteiger partial charge in [0.15, 0.2) is 0 Å². The van der Waals surface area contributed by atoms with E-state index in [0.717, 1.165) is 31.4 Å². The summed E-state index contributed by atoms with van der Waals surface area (Å²) >= 11 is 1.93. The van der Waals surface area contributed by atoms with Crippen LogP contribution in [0, 0.1) is 5.92 Å². The van der Waals surface area contributed by atoms with Crippen LogP contribution in [-0.4, -0.2) is 29.5 Å². The topological polar surface area (TPSA) is 55.1 Å². The molecule has 1 saturated carbocycles. The van der Waals surface area contributed by atoms with Crippen LogP contribution in [0.5, 0.6) is 0 Å². The molecule has 2 aliphatic rings. The molecule has 4 heteroatoms. The molecule has 1 amide bonds. The van der Waals surface area contributed by atoms with Crippen LogP contribution < -0.4 is 11.1 Å². The van der Waals surface area contributed by atoms with Crippen LogP contribution in [0.25, 0.3) is 0 Å². The molecule has 0 radical (unpaired) electrons. The van der Waals surface area contributed by atoms with Gasteiger partial charge in [0.05, 0.1) is 5.92 Å². The molecule has 0 aromatic rings. The van der Waals surface area contributed by atoms with E-state index >= 15 is 0 Å². The van der Waals surface area contributed by atoms with Gasteiger partial charge in [0.25, 0.3) is 0 Å². The van der Waals surface area contributed by atoms with Crippen molar-refractivity contribution in [3.63, 3.8) is 0 Å². The molecular formula is C12H22N2OS. The first kappa shape index (κ1) is 12.2. The fourth-order valence-electron chi connectivity index (χ4n) is 2.62. The van der Waals surface area contributed by atoms with Crippen LogP contribution in [-0.2, 0) is 4.79 Å². The fourth-order valence-corrected chi connectivity index (χ4v) is 3.77. The number of nitrogens with one attached hydrogen (secondary N) is 1. The molecule has 0 spiro atoms. The second-order valence-electron chi connectivity index (χ2n) is 4.98. The SMILES string of the molecule is NC1CCCCCC1C(=O)NC1CCSC1. The van der Waals surface area contributed by atoms with E-state index in [9.17, 15) is 4.79 Å². The lowest BCUT2D eigenvalue weighted by Gasteiger charge is -2.22. The monoisotopic (exact) mass is 242 g/mol. The van der Waals surface area contributed by atoms with E-state index < -0.39 is 0 Å². The van der Waals surface area contributed by atoms with Gasteiger partial charge >= 0.3 is 0 Å². The Labute approximate surface area is 102 Å². The highest BCUT2D eigenvalue weighted by atomic mass is 32.2. The average molecular weight is 242 g/mol. The van der Waals surface area contributed by atoms with Gasteiger partial charge in [0, 0.05) is 17.8 Å². The Hall–Kier alpha value is -0.220. The molecule has 3 nitrogen and oxygen atoms in total. The second-order valence-corrected chi connectivity index (χ2v) is 6.13. The molecule has 0 aromatic heterocycles. The summed E-state index contributed by atoms with van der Waals surface area (Å²) in [6.07, 6.45) is 6.69. The van der Waals surface area contributed by atoms with Crippen molar-refractivity contribution in [2.24, 2.45) is 11.7 Å². The van der Waals surface area contributed by atoms with Gasteiger partial charge in [-0.25, -0.2) is 0 Å². The number of amides is 1. The van der Waals surface area contributed by atoms with Crippen LogP contribution in [0.3, 0.4) is 0 Å². The minimum Gasteiger partial charge on any atom is -0.352 e. The zero-order valence-electron chi connectivity index (χ0n) is 9.78. The van der Waals surface area contributed by atoms with Crippen molar-refractivity contribution in [3.8, 4) is 0 Å². The third-order valence-electron chi connectivity index (χ3n) is 3.68. The lowest BCUT2D eigenvalue weighted by atomic mass is 9.94. The molecule has 1 aliphatic carbocycles. The summed E-state index contributed by atoms with van der Waals surface area (Å²) in [6.45, 7) is 0. The first-order chi connectivity index (χ1) is 7.77. The number of thioether (sulfide) groups is 1. The molecule has 3 unspecified atom stereocenters. The molecule has 16 heavy (non-hydrogen) atoms. The number of carbonyl (C=O) groups excluding carboxylic acids is 1. The smallest absolute Gasteiger partial charge is 0.224 e. The van der Waals surface area contributed by atoms with E-state index in [1.54, 1.807) is 0 Å². The van der Waals surface area contributed by atoms with E-state index in [2.05, 4.69) is 5.32 Å². The summed E-state index contributed by atoms with van der Waals surface area (Å²) in [5.74, 6) is 2.53. The van der Waals surface area contributed by atoms with Gasteiger partial charge in [-0.1, -0.05) is 19.3 Å². The number of hydrogen-bond acceptors (Lipinski definition) is 3. The predicted molar refractivity (Wildman–Crippen MR) is 68.4 cm³/mol. The van der Waals surface area contributed by atoms with E-state index in [1.807, 2.05) is 11.8 Å². The standard InChI is InChI=1S/C12H22N2OS/c13-11-5-3-1-2-4-10(11)12(15)14-9-6-7-16-8-9/h9-11H,1-8,13H2,(H,14,15). The Morgan fingerprint density at radius 2 is 2.00 bits per heavy atom. The van der Waals surface area contributed by atoms with Crippen molar-refractivity contribution in [3.05, 3.63) is 0 Å². The number of nitrogens with two attached hydrogens (primary N) is 1. The summed E-state index contributed by atoms with van der Waals surface area (Å²) in [4.78, 5) is 12.1. The minimum absolute atomic E-state index is 0.0631. The van der Waals surface area contributed by atoms with Crippen molar-refractivity contribution in [1.29, 1.82) is 0 Å². The van der Waals surface area contributed by atoms with Gasteiger partial charge in [-0.15, -0.1) is 0 Å². The van der Waals surface area contributed by atoms with E-state index in [0.29, 0.717) is 6.04 Å². The van der Waals surface area contributed by atoms with Crippen molar-refractivity contribution >= 4 is 17.7 Å². The lowest BCUT2D eigenvalue weighted by Crippen LogP contribution is -2.45. The van der Waals surface area contributed by atoms with Crippen molar-refractivity contribution in [1.82, 2.24) is 5.32 Å². The first-order valence-electron chi connectivity index (χ1n) is 6.41.